The lowest BCUT2D eigenvalue weighted by atomic mass is 10.1. The first kappa shape index (κ1) is 12.2. The van der Waals surface area contributed by atoms with E-state index >= 15 is 0 Å². The Morgan fingerprint density at radius 3 is 2.88 bits per heavy atom. The smallest absolute Gasteiger partial charge is 0.150 e. The van der Waals surface area contributed by atoms with Crippen molar-refractivity contribution in [2.75, 3.05) is 11.9 Å². The quantitative estimate of drug-likeness (QED) is 0.863. The van der Waals surface area contributed by atoms with Crippen molar-refractivity contribution in [3.8, 4) is 0 Å². The molecule has 17 heavy (non-hydrogen) atoms. The van der Waals surface area contributed by atoms with Crippen molar-refractivity contribution in [1.82, 2.24) is 4.98 Å². The molecule has 0 aliphatic rings. The van der Waals surface area contributed by atoms with Gasteiger partial charge in [-0.3, -0.25) is 4.98 Å². The van der Waals surface area contributed by atoms with Crippen molar-refractivity contribution < 1.29 is 8.78 Å². The van der Waals surface area contributed by atoms with Crippen LogP contribution in [0.3, 0.4) is 0 Å². The predicted octanol–water partition coefficient (Wildman–Crippen LogP) is 4.10. The second-order valence-electron chi connectivity index (χ2n) is 3.66. The molecule has 0 amide bonds. The second kappa shape index (κ2) is 4.96. The van der Waals surface area contributed by atoms with E-state index in [1.807, 2.05) is 6.92 Å². The van der Waals surface area contributed by atoms with E-state index < -0.39 is 11.6 Å². The summed E-state index contributed by atoms with van der Waals surface area (Å²) in [6, 6.07) is 2.74. The third-order valence-electron chi connectivity index (χ3n) is 2.43. The van der Waals surface area contributed by atoms with Gasteiger partial charge in [0.2, 0.25) is 0 Å². The molecule has 2 aromatic rings. The molecule has 1 N–H and O–H groups in total. The minimum absolute atomic E-state index is 0.0480. The van der Waals surface area contributed by atoms with Crippen LogP contribution in [0.4, 0.5) is 14.5 Å². The Kier molecular flexibility index (Phi) is 3.57. The van der Waals surface area contributed by atoms with Crippen LogP contribution < -0.4 is 5.32 Å². The highest BCUT2D eigenvalue weighted by atomic mass is 79.9. The van der Waals surface area contributed by atoms with Gasteiger partial charge in [-0.05, 0) is 34.5 Å². The summed E-state index contributed by atoms with van der Waals surface area (Å²) in [6.45, 7) is 2.70. The molecule has 0 saturated carbocycles. The summed E-state index contributed by atoms with van der Waals surface area (Å²) in [7, 11) is 0. The van der Waals surface area contributed by atoms with Crippen LogP contribution in [0.2, 0.25) is 0 Å². The van der Waals surface area contributed by atoms with E-state index in [1.165, 1.54) is 6.20 Å². The highest BCUT2D eigenvalue weighted by Crippen LogP contribution is 2.31. The number of nitrogens with one attached hydrogen (secondary N) is 1. The number of hydrogen-bond donors (Lipinski definition) is 1. The zero-order valence-corrected chi connectivity index (χ0v) is 10.8. The molecule has 1 aromatic heterocycles. The standard InChI is InChI=1S/C12H11BrF2N2/c1-2-4-16-9-3-5-17-12-8(14)6-7(13)11(15)10(9)12/h3,5-6H,2,4H2,1H3,(H,16,17). The van der Waals surface area contributed by atoms with Crippen LogP contribution in [-0.4, -0.2) is 11.5 Å². The highest BCUT2D eigenvalue weighted by molar-refractivity contribution is 9.10. The molecular formula is C12H11BrF2N2. The van der Waals surface area contributed by atoms with Gasteiger partial charge >= 0.3 is 0 Å². The molecule has 0 aliphatic carbocycles. The first-order chi connectivity index (χ1) is 8.15. The summed E-state index contributed by atoms with van der Waals surface area (Å²) in [5.74, 6) is -1.03. The number of fused-ring (bicyclic) bond motifs is 1. The lowest BCUT2D eigenvalue weighted by molar-refractivity contribution is 0.610. The average molecular weight is 301 g/mol. The van der Waals surface area contributed by atoms with Gasteiger partial charge in [-0.25, -0.2) is 8.78 Å². The van der Waals surface area contributed by atoms with Gasteiger partial charge < -0.3 is 5.32 Å². The van der Waals surface area contributed by atoms with Crippen LogP contribution in [0.25, 0.3) is 10.9 Å². The van der Waals surface area contributed by atoms with Gasteiger partial charge in [0.05, 0.1) is 9.86 Å². The van der Waals surface area contributed by atoms with E-state index in [1.54, 1.807) is 6.07 Å². The molecule has 0 bridgehead atoms. The highest BCUT2D eigenvalue weighted by Gasteiger charge is 2.14. The Labute approximate surface area is 106 Å². The Hall–Kier alpha value is -1.23. The predicted molar refractivity (Wildman–Crippen MR) is 68.1 cm³/mol. The van der Waals surface area contributed by atoms with Gasteiger partial charge in [-0.2, -0.15) is 0 Å². The van der Waals surface area contributed by atoms with E-state index in [4.69, 9.17) is 0 Å². The zero-order chi connectivity index (χ0) is 12.4. The fourth-order valence-electron chi connectivity index (χ4n) is 1.63. The van der Waals surface area contributed by atoms with Crippen molar-refractivity contribution >= 4 is 32.5 Å². The number of nitrogens with zero attached hydrogens (tertiary/aromatic N) is 1. The van der Waals surface area contributed by atoms with E-state index in [0.29, 0.717) is 12.2 Å². The van der Waals surface area contributed by atoms with Crippen molar-refractivity contribution in [2.24, 2.45) is 0 Å². The second-order valence-corrected chi connectivity index (χ2v) is 4.52. The Balaban J connectivity index is 2.69. The minimum atomic E-state index is -0.534. The lowest BCUT2D eigenvalue weighted by Crippen LogP contribution is -2.02. The van der Waals surface area contributed by atoms with Gasteiger partial charge in [0.25, 0.3) is 0 Å². The maximum Gasteiger partial charge on any atom is 0.150 e. The normalized spacial score (nSPS) is 10.8. The first-order valence-corrected chi connectivity index (χ1v) is 6.10. The fraction of sp³-hybridized carbons (Fsp3) is 0.250. The van der Waals surface area contributed by atoms with E-state index in [2.05, 4.69) is 26.2 Å². The van der Waals surface area contributed by atoms with E-state index in [9.17, 15) is 8.78 Å². The van der Waals surface area contributed by atoms with Crippen molar-refractivity contribution in [3.05, 3.63) is 34.4 Å². The van der Waals surface area contributed by atoms with Gasteiger partial charge in [-0.15, -0.1) is 0 Å². The molecule has 0 fully saturated rings. The lowest BCUT2D eigenvalue weighted by Gasteiger charge is -2.10. The van der Waals surface area contributed by atoms with Crippen molar-refractivity contribution in [2.45, 2.75) is 13.3 Å². The first-order valence-electron chi connectivity index (χ1n) is 5.31. The maximum atomic E-state index is 14.0. The molecule has 0 radical (unpaired) electrons. The zero-order valence-electron chi connectivity index (χ0n) is 9.23. The SMILES string of the molecule is CCCNc1ccnc2c(F)cc(Br)c(F)c12. The Morgan fingerprint density at radius 2 is 2.18 bits per heavy atom. The van der Waals surface area contributed by atoms with Crippen LogP contribution in [0, 0.1) is 11.6 Å². The Morgan fingerprint density at radius 1 is 1.41 bits per heavy atom. The molecule has 0 unspecified atom stereocenters. The Bertz CT molecular complexity index is 558. The average Bonchev–Trinajstić information content (AvgIpc) is 2.33. The molecule has 0 spiro atoms. The van der Waals surface area contributed by atoms with Crippen molar-refractivity contribution in [3.63, 3.8) is 0 Å². The van der Waals surface area contributed by atoms with Gasteiger partial charge in [0, 0.05) is 18.4 Å². The van der Waals surface area contributed by atoms with Crippen molar-refractivity contribution in [1.29, 1.82) is 0 Å². The number of halogens is 3. The molecule has 2 rings (SSSR count). The maximum absolute atomic E-state index is 14.0. The number of aromatic nitrogens is 1. The van der Waals surface area contributed by atoms with Crippen LogP contribution in [0.1, 0.15) is 13.3 Å². The van der Waals surface area contributed by atoms with E-state index in [-0.39, 0.29) is 15.4 Å². The molecular weight excluding hydrogens is 290 g/mol. The van der Waals surface area contributed by atoms with Crippen LogP contribution >= 0.6 is 15.9 Å². The summed E-state index contributed by atoms with van der Waals surface area (Å²) in [4.78, 5) is 3.88. The topological polar surface area (TPSA) is 24.9 Å². The van der Waals surface area contributed by atoms with Crippen LogP contribution in [0.15, 0.2) is 22.8 Å². The van der Waals surface area contributed by atoms with E-state index in [0.717, 1.165) is 12.5 Å². The summed E-state index contributed by atoms with van der Waals surface area (Å²) < 4.78 is 27.7. The minimum Gasteiger partial charge on any atom is -0.384 e. The molecule has 0 atom stereocenters. The molecule has 1 heterocycles. The third-order valence-corrected chi connectivity index (χ3v) is 3.00. The molecule has 90 valence electrons. The molecule has 2 nitrogen and oxygen atoms in total. The monoisotopic (exact) mass is 300 g/mol. The third kappa shape index (κ3) is 2.24. The molecule has 1 aromatic carbocycles. The summed E-state index contributed by atoms with van der Waals surface area (Å²) in [5.41, 5.74) is 0.612. The summed E-state index contributed by atoms with van der Waals surface area (Å²) >= 11 is 3.00. The summed E-state index contributed by atoms with van der Waals surface area (Å²) in [5, 5.41) is 3.25. The van der Waals surface area contributed by atoms with Gasteiger partial charge in [0.15, 0.2) is 5.82 Å². The molecule has 5 heteroatoms. The molecule has 0 saturated heterocycles. The summed E-state index contributed by atoms with van der Waals surface area (Å²) in [6.07, 6.45) is 2.37. The van der Waals surface area contributed by atoms with Crippen LogP contribution in [-0.2, 0) is 0 Å². The van der Waals surface area contributed by atoms with Crippen LogP contribution in [0.5, 0.6) is 0 Å². The van der Waals surface area contributed by atoms with Gasteiger partial charge in [-0.1, -0.05) is 6.92 Å². The number of hydrogen-bond acceptors (Lipinski definition) is 2. The number of pyridine rings is 1. The number of benzene rings is 1. The van der Waals surface area contributed by atoms with Gasteiger partial charge in [0.1, 0.15) is 11.3 Å². The molecule has 0 aliphatic heterocycles. The largest absolute Gasteiger partial charge is 0.384 e. The number of anilines is 1. The number of rotatable bonds is 3. The fourth-order valence-corrected chi connectivity index (χ4v) is 2.03.